The fourth-order valence-corrected chi connectivity index (χ4v) is 4.82. The number of aromatic carboxylic acids is 1. The number of benzene rings is 1. The third kappa shape index (κ3) is 6.97. The van der Waals surface area contributed by atoms with Gasteiger partial charge in [-0.1, -0.05) is 48.0 Å². The molecular weight excluding hydrogens is 414 g/mol. The van der Waals surface area contributed by atoms with Crippen molar-refractivity contribution >= 4 is 12.0 Å². The quantitative estimate of drug-likeness (QED) is 0.475. The Morgan fingerprint density at radius 2 is 1.88 bits per heavy atom. The van der Waals surface area contributed by atoms with E-state index in [1.165, 1.54) is 30.4 Å². The van der Waals surface area contributed by atoms with E-state index in [0.29, 0.717) is 24.0 Å². The summed E-state index contributed by atoms with van der Waals surface area (Å²) in [7, 11) is 1.77. The first kappa shape index (κ1) is 23.6. The first-order valence-electron chi connectivity index (χ1n) is 12.0. The Labute approximate surface area is 196 Å². The summed E-state index contributed by atoms with van der Waals surface area (Å²) in [6.45, 7) is 1.50. The van der Waals surface area contributed by atoms with Gasteiger partial charge < -0.3 is 20.5 Å². The zero-order valence-corrected chi connectivity index (χ0v) is 19.4. The van der Waals surface area contributed by atoms with Gasteiger partial charge in [0.05, 0.1) is 0 Å². The molecule has 0 saturated heterocycles. The minimum atomic E-state index is -0.986. The molecule has 4 rings (SSSR count). The third-order valence-corrected chi connectivity index (χ3v) is 6.83. The Morgan fingerprint density at radius 3 is 2.55 bits per heavy atom. The van der Waals surface area contributed by atoms with Crippen LogP contribution < -0.4 is 10.6 Å². The van der Waals surface area contributed by atoms with Gasteiger partial charge in [-0.15, -0.1) is 0 Å². The molecule has 0 bridgehead atoms. The molecule has 2 atom stereocenters. The molecule has 0 amide bonds. The number of aromatic nitrogens is 1. The van der Waals surface area contributed by atoms with Crippen LogP contribution in [0.5, 0.6) is 0 Å². The predicted molar refractivity (Wildman–Crippen MR) is 130 cm³/mol. The van der Waals surface area contributed by atoms with E-state index < -0.39 is 5.97 Å². The molecule has 2 aliphatic rings. The van der Waals surface area contributed by atoms with E-state index in [1.807, 2.05) is 6.07 Å². The Hall–Kier alpha value is -2.54. The van der Waals surface area contributed by atoms with E-state index in [4.69, 9.17) is 9.84 Å². The first-order valence-corrected chi connectivity index (χ1v) is 12.0. The van der Waals surface area contributed by atoms with Crippen molar-refractivity contribution in [2.24, 2.45) is 5.92 Å². The van der Waals surface area contributed by atoms with Crippen LogP contribution in [-0.2, 0) is 11.3 Å². The number of hydrogen-bond acceptors (Lipinski definition) is 5. The number of ether oxygens (including phenoxy) is 1. The number of carboxylic acid groups (broad SMARTS) is 1. The summed E-state index contributed by atoms with van der Waals surface area (Å²) in [5, 5.41) is 16.5. The molecule has 0 radical (unpaired) electrons. The monoisotopic (exact) mass is 449 g/mol. The third-order valence-electron chi connectivity index (χ3n) is 6.83. The van der Waals surface area contributed by atoms with Crippen molar-refractivity contribution in [2.75, 3.05) is 13.7 Å². The summed E-state index contributed by atoms with van der Waals surface area (Å²) >= 11 is 0. The molecular formula is C27H35N3O3. The standard InChI is InChI=1S/C27H35N3O3/c1-33-14-13-21(15-19-5-3-2-4-6-19)24-16-26(24)30-23-10-8-22(9-11-23)28-17-20-7-12-25(27(31)32)29-18-20/h2-7,12,15,18,22-24,26,28,30H,8-11,13-14,16-17H2,1H3,(H,31,32). The number of hydrogen-bond donors (Lipinski definition) is 3. The molecule has 6 nitrogen and oxygen atoms in total. The maximum Gasteiger partial charge on any atom is 0.354 e. The molecule has 1 heterocycles. The summed E-state index contributed by atoms with van der Waals surface area (Å²) in [6.07, 6.45) is 10.9. The van der Waals surface area contributed by atoms with Crippen LogP contribution in [0.15, 0.2) is 54.2 Å². The second-order valence-corrected chi connectivity index (χ2v) is 9.27. The van der Waals surface area contributed by atoms with Crippen LogP contribution in [0.1, 0.15) is 60.1 Å². The van der Waals surface area contributed by atoms with Gasteiger partial charge in [-0.2, -0.15) is 0 Å². The number of nitrogens with zero attached hydrogens (tertiary/aromatic N) is 1. The summed E-state index contributed by atoms with van der Waals surface area (Å²) in [6, 6.07) is 15.7. The van der Waals surface area contributed by atoms with Crippen LogP contribution in [0.3, 0.4) is 0 Å². The minimum Gasteiger partial charge on any atom is -0.477 e. The number of rotatable bonds is 11. The first-order chi connectivity index (χ1) is 16.1. The van der Waals surface area contributed by atoms with E-state index in [-0.39, 0.29) is 5.69 Å². The summed E-state index contributed by atoms with van der Waals surface area (Å²) in [5.74, 6) is -0.364. The van der Waals surface area contributed by atoms with E-state index >= 15 is 0 Å². The maximum absolute atomic E-state index is 10.9. The second-order valence-electron chi connectivity index (χ2n) is 9.27. The van der Waals surface area contributed by atoms with E-state index in [1.54, 1.807) is 19.4 Å². The van der Waals surface area contributed by atoms with Crippen molar-refractivity contribution in [2.45, 2.75) is 63.2 Å². The molecule has 1 aromatic heterocycles. The average molecular weight is 450 g/mol. The second kappa shape index (κ2) is 11.5. The van der Waals surface area contributed by atoms with Crippen LogP contribution in [-0.4, -0.2) is 47.9 Å². The zero-order valence-electron chi connectivity index (χ0n) is 19.4. The highest BCUT2D eigenvalue weighted by Crippen LogP contribution is 2.41. The lowest BCUT2D eigenvalue weighted by Gasteiger charge is -2.30. The highest BCUT2D eigenvalue weighted by molar-refractivity contribution is 5.85. The van der Waals surface area contributed by atoms with Crippen molar-refractivity contribution in [3.63, 3.8) is 0 Å². The molecule has 6 heteroatoms. The Kier molecular flexibility index (Phi) is 8.26. The highest BCUT2D eigenvalue weighted by atomic mass is 16.5. The largest absolute Gasteiger partial charge is 0.477 e. The number of nitrogens with one attached hydrogen (secondary N) is 2. The molecule has 33 heavy (non-hydrogen) atoms. The van der Waals surface area contributed by atoms with E-state index in [2.05, 4.69) is 52.0 Å². The van der Waals surface area contributed by atoms with Crippen molar-refractivity contribution < 1.29 is 14.6 Å². The summed E-state index contributed by atoms with van der Waals surface area (Å²) < 4.78 is 5.36. The smallest absolute Gasteiger partial charge is 0.354 e. The van der Waals surface area contributed by atoms with Crippen LogP contribution in [0.25, 0.3) is 6.08 Å². The number of carboxylic acids is 1. The van der Waals surface area contributed by atoms with Crippen molar-refractivity contribution in [3.8, 4) is 0 Å². The SMILES string of the molecule is COCCC(=Cc1ccccc1)C1CC1NC1CCC(NCc2ccc(C(=O)O)nc2)CC1. The fraction of sp³-hybridized carbons (Fsp3) is 0.481. The van der Waals surface area contributed by atoms with Gasteiger partial charge in [-0.3, -0.25) is 0 Å². The lowest BCUT2D eigenvalue weighted by molar-refractivity contribution is 0.0690. The molecule has 2 aliphatic carbocycles. The molecule has 2 saturated carbocycles. The van der Waals surface area contributed by atoms with Crippen molar-refractivity contribution in [3.05, 3.63) is 71.1 Å². The number of pyridine rings is 1. The van der Waals surface area contributed by atoms with Gasteiger partial charge in [-0.05, 0) is 61.6 Å². The number of carbonyl (C=O) groups is 1. The molecule has 2 aromatic rings. The van der Waals surface area contributed by atoms with Gasteiger partial charge in [0, 0.05) is 44.6 Å². The van der Waals surface area contributed by atoms with Gasteiger partial charge >= 0.3 is 5.97 Å². The fourth-order valence-electron chi connectivity index (χ4n) is 4.82. The molecule has 0 spiro atoms. The topological polar surface area (TPSA) is 83.5 Å². The van der Waals surface area contributed by atoms with Crippen molar-refractivity contribution in [1.82, 2.24) is 15.6 Å². The predicted octanol–water partition coefficient (Wildman–Crippen LogP) is 4.28. The molecule has 2 fully saturated rings. The Morgan fingerprint density at radius 1 is 1.12 bits per heavy atom. The van der Waals surface area contributed by atoms with Crippen LogP contribution in [0.4, 0.5) is 0 Å². The molecule has 1 aromatic carbocycles. The van der Waals surface area contributed by atoms with Crippen LogP contribution >= 0.6 is 0 Å². The maximum atomic E-state index is 10.9. The normalized spacial score (nSPS) is 25.1. The van der Waals surface area contributed by atoms with Gasteiger partial charge in [0.2, 0.25) is 0 Å². The van der Waals surface area contributed by atoms with E-state index in [0.717, 1.165) is 38.0 Å². The molecule has 176 valence electrons. The lowest BCUT2D eigenvalue weighted by Crippen LogP contribution is -2.40. The highest BCUT2D eigenvalue weighted by Gasteiger charge is 2.40. The van der Waals surface area contributed by atoms with Crippen LogP contribution in [0.2, 0.25) is 0 Å². The lowest BCUT2D eigenvalue weighted by atomic mass is 9.91. The summed E-state index contributed by atoms with van der Waals surface area (Å²) in [4.78, 5) is 14.9. The van der Waals surface area contributed by atoms with Gasteiger partial charge in [0.15, 0.2) is 0 Å². The minimum absolute atomic E-state index is 0.0905. The molecule has 3 N–H and O–H groups in total. The van der Waals surface area contributed by atoms with Gasteiger partial charge in [-0.25, -0.2) is 9.78 Å². The summed E-state index contributed by atoms with van der Waals surface area (Å²) in [5.41, 5.74) is 3.88. The van der Waals surface area contributed by atoms with Gasteiger partial charge in [0.25, 0.3) is 0 Å². The van der Waals surface area contributed by atoms with Gasteiger partial charge in [0.1, 0.15) is 5.69 Å². The Balaban J connectivity index is 1.20. The average Bonchev–Trinajstić information content (AvgIpc) is 3.61. The zero-order chi connectivity index (χ0) is 23.0. The Bertz CT molecular complexity index is 921. The molecule has 0 aliphatic heterocycles. The van der Waals surface area contributed by atoms with E-state index in [9.17, 15) is 4.79 Å². The van der Waals surface area contributed by atoms with Crippen LogP contribution in [0, 0.1) is 5.92 Å². The number of methoxy groups -OCH3 is 1. The van der Waals surface area contributed by atoms with Crippen molar-refractivity contribution in [1.29, 1.82) is 0 Å². The molecule has 2 unspecified atom stereocenters.